The van der Waals surface area contributed by atoms with Gasteiger partial charge in [-0.15, -0.1) is 11.3 Å². The van der Waals surface area contributed by atoms with E-state index in [0.29, 0.717) is 17.2 Å². The second kappa shape index (κ2) is 9.37. The fourth-order valence-corrected chi connectivity index (χ4v) is 3.92. The van der Waals surface area contributed by atoms with Gasteiger partial charge in [0.1, 0.15) is 16.3 Å². The highest BCUT2D eigenvalue weighted by Crippen LogP contribution is 2.36. The zero-order valence-corrected chi connectivity index (χ0v) is 16.8. The largest absolute Gasteiger partial charge is 0.497 e. The first-order valence-electron chi connectivity index (χ1n) is 9.23. The Morgan fingerprint density at radius 3 is 2.54 bits per heavy atom. The van der Waals surface area contributed by atoms with Crippen LogP contribution in [0.1, 0.15) is 35.7 Å². The van der Waals surface area contributed by atoms with Crippen molar-refractivity contribution in [1.29, 1.82) is 0 Å². The number of esters is 1. The Labute approximate surface area is 168 Å². The molecule has 1 aromatic heterocycles. The molecule has 0 aliphatic carbocycles. The van der Waals surface area contributed by atoms with Gasteiger partial charge in [-0.2, -0.15) is 0 Å². The summed E-state index contributed by atoms with van der Waals surface area (Å²) in [6.45, 7) is 2.41. The maximum Gasteiger partial charge on any atom is 0.341 e. The van der Waals surface area contributed by atoms with Gasteiger partial charge in [-0.3, -0.25) is 4.79 Å². The fourth-order valence-electron chi connectivity index (χ4n) is 2.82. The van der Waals surface area contributed by atoms with Crippen molar-refractivity contribution in [3.05, 3.63) is 59.7 Å². The predicted molar refractivity (Wildman–Crippen MR) is 112 cm³/mol. The van der Waals surface area contributed by atoms with Crippen LogP contribution in [0.5, 0.6) is 5.75 Å². The van der Waals surface area contributed by atoms with Crippen LogP contribution in [0.15, 0.2) is 48.5 Å². The van der Waals surface area contributed by atoms with E-state index in [-0.39, 0.29) is 12.3 Å². The number of rotatable bonds is 8. The van der Waals surface area contributed by atoms with E-state index in [0.717, 1.165) is 34.2 Å². The average Bonchev–Trinajstić information content (AvgIpc) is 3.06. The highest BCUT2D eigenvalue weighted by Gasteiger charge is 2.21. The summed E-state index contributed by atoms with van der Waals surface area (Å²) < 4.78 is 11.5. The molecule has 1 N–H and O–H groups in total. The van der Waals surface area contributed by atoms with E-state index in [1.807, 2.05) is 55.5 Å². The number of anilines is 1. The Balaban J connectivity index is 1.79. The van der Waals surface area contributed by atoms with Crippen LogP contribution in [0.25, 0.3) is 10.1 Å². The van der Waals surface area contributed by atoms with Gasteiger partial charge in [0.2, 0.25) is 5.91 Å². The van der Waals surface area contributed by atoms with Crippen LogP contribution in [0.2, 0.25) is 0 Å². The second-order valence-electron chi connectivity index (χ2n) is 6.36. The van der Waals surface area contributed by atoms with E-state index in [4.69, 9.17) is 9.47 Å². The van der Waals surface area contributed by atoms with E-state index in [1.54, 1.807) is 7.11 Å². The van der Waals surface area contributed by atoms with Crippen LogP contribution < -0.4 is 10.1 Å². The number of thiophene rings is 1. The van der Waals surface area contributed by atoms with Crippen LogP contribution in [0.4, 0.5) is 5.00 Å². The number of methoxy groups -OCH3 is 1. The molecule has 28 heavy (non-hydrogen) atoms. The average molecular weight is 397 g/mol. The fraction of sp³-hybridized carbons (Fsp3) is 0.273. The van der Waals surface area contributed by atoms with Crippen LogP contribution in [-0.2, 0) is 16.0 Å². The summed E-state index contributed by atoms with van der Waals surface area (Å²) in [6, 6.07) is 14.9. The second-order valence-corrected chi connectivity index (χ2v) is 7.42. The van der Waals surface area contributed by atoms with Crippen molar-refractivity contribution >= 4 is 38.3 Å². The lowest BCUT2D eigenvalue weighted by atomic mass is 10.1. The normalized spacial score (nSPS) is 10.6. The van der Waals surface area contributed by atoms with Gasteiger partial charge in [0, 0.05) is 10.1 Å². The maximum atomic E-state index is 12.6. The van der Waals surface area contributed by atoms with Gasteiger partial charge in [-0.05, 0) is 30.2 Å². The standard InChI is InChI=1S/C22H23NO4S/c1-3-4-13-27-22(25)20-17-7-5-6-8-18(17)28-21(20)23-19(24)14-15-9-11-16(26-2)12-10-15/h5-12H,3-4,13-14H2,1-2H3,(H,23,24). The van der Waals surface area contributed by atoms with Gasteiger partial charge >= 0.3 is 5.97 Å². The van der Waals surface area contributed by atoms with E-state index in [1.165, 1.54) is 11.3 Å². The minimum Gasteiger partial charge on any atom is -0.497 e. The molecule has 1 amide bonds. The number of nitrogens with one attached hydrogen (secondary N) is 1. The summed E-state index contributed by atoms with van der Waals surface area (Å²) in [5.41, 5.74) is 1.30. The molecule has 0 saturated carbocycles. The van der Waals surface area contributed by atoms with Crippen LogP contribution >= 0.6 is 11.3 Å². The third-order valence-electron chi connectivity index (χ3n) is 4.31. The molecule has 0 bridgehead atoms. The topological polar surface area (TPSA) is 64.6 Å². The molecule has 3 rings (SSSR count). The first-order chi connectivity index (χ1) is 13.6. The number of amides is 1. The number of benzene rings is 2. The van der Waals surface area contributed by atoms with Crippen molar-refractivity contribution in [2.45, 2.75) is 26.2 Å². The van der Waals surface area contributed by atoms with Gasteiger partial charge in [0.15, 0.2) is 0 Å². The lowest BCUT2D eigenvalue weighted by molar-refractivity contribution is -0.115. The Bertz CT molecular complexity index is 962. The number of hydrogen-bond acceptors (Lipinski definition) is 5. The minimum atomic E-state index is -0.398. The molecule has 0 radical (unpaired) electrons. The zero-order valence-electron chi connectivity index (χ0n) is 16.0. The third kappa shape index (κ3) is 4.70. The summed E-state index contributed by atoms with van der Waals surface area (Å²) in [4.78, 5) is 25.2. The minimum absolute atomic E-state index is 0.181. The smallest absolute Gasteiger partial charge is 0.341 e. The highest BCUT2D eigenvalue weighted by atomic mass is 32.1. The summed E-state index contributed by atoms with van der Waals surface area (Å²) in [5.74, 6) is 0.163. The third-order valence-corrected chi connectivity index (χ3v) is 5.39. The molecule has 6 heteroatoms. The molecule has 0 saturated heterocycles. The number of carbonyl (C=O) groups excluding carboxylic acids is 2. The van der Waals surface area contributed by atoms with Crippen LogP contribution in [-0.4, -0.2) is 25.6 Å². The first-order valence-corrected chi connectivity index (χ1v) is 10.1. The molecule has 0 spiro atoms. The lowest BCUT2D eigenvalue weighted by Gasteiger charge is -2.08. The Kier molecular flexibility index (Phi) is 6.66. The van der Waals surface area contributed by atoms with E-state index >= 15 is 0 Å². The molecule has 2 aromatic carbocycles. The molecule has 0 aliphatic rings. The van der Waals surface area contributed by atoms with Crippen molar-refractivity contribution in [2.75, 3.05) is 19.0 Å². The van der Waals surface area contributed by atoms with Gasteiger partial charge in [-0.25, -0.2) is 4.79 Å². The van der Waals surface area contributed by atoms with Crippen LogP contribution in [0.3, 0.4) is 0 Å². The highest BCUT2D eigenvalue weighted by molar-refractivity contribution is 7.23. The van der Waals surface area contributed by atoms with Crippen molar-refractivity contribution in [2.24, 2.45) is 0 Å². The summed E-state index contributed by atoms with van der Waals surface area (Å²) in [7, 11) is 1.60. The number of ether oxygens (including phenoxy) is 2. The summed E-state index contributed by atoms with van der Waals surface area (Å²) in [5, 5.41) is 4.22. The zero-order chi connectivity index (χ0) is 19.9. The predicted octanol–water partition coefficient (Wildman–Crippen LogP) is 5.05. The number of unbranched alkanes of at least 4 members (excludes halogenated alkanes) is 1. The molecule has 0 unspecified atom stereocenters. The van der Waals surface area contributed by atoms with E-state index < -0.39 is 5.97 Å². The Morgan fingerprint density at radius 2 is 1.82 bits per heavy atom. The van der Waals surface area contributed by atoms with Gasteiger partial charge in [0.05, 0.1) is 20.1 Å². The first kappa shape index (κ1) is 19.9. The molecule has 5 nitrogen and oxygen atoms in total. The van der Waals surface area contributed by atoms with Crippen molar-refractivity contribution in [3.8, 4) is 5.75 Å². The molecule has 0 aliphatic heterocycles. The molecule has 1 heterocycles. The number of carbonyl (C=O) groups is 2. The monoisotopic (exact) mass is 397 g/mol. The van der Waals surface area contributed by atoms with Crippen molar-refractivity contribution < 1.29 is 19.1 Å². The molecule has 0 fully saturated rings. The van der Waals surface area contributed by atoms with Crippen molar-refractivity contribution in [1.82, 2.24) is 0 Å². The summed E-state index contributed by atoms with van der Waals surface area (Å²) >= 11 is 1.38. The molecule has 146 valence electrons. The quantitative estimate of drug-likeness (QED) is 0.427. The molecular formula is C22H23NO4S. The van der Waals surface area contributed by atoms with Gasteiger partial charge in [0.25, 0.3) is 0 Å². The van der Waals surface area contributed by atoms with E-state index in [9.17, 15) is 9.59 Å². The molecule has 3 aromatic rings. The number of hydrogen-bond donors (Lipinski definition) is 1. The van der Waals surface area contributed by atoms with Crippen LogP contribution in [0, 0.1) is 0 Å². The van der Waals surface area contributed by atoms with E-state index in [2.05, 4.69) is 5.32 Å². The Hall–Kier alpha value is -2.86. The summed E-state index contributed by atoms with van der Waals surface area (Å²) in [6.07, 6.45) is 1.97. The Morgan fingerprint density at radius 1 is 1.07 bits per heavy atom. The molecular weight excluding hydrogens is 374 g/mol. The number of fused-ring (bicyclic) bond motifs is 1. The van der Waals surface area contributed by atoms with Gasteiger partial charge in [-0.1, -0.05) is 43.7 Å². The van der Waals surface area contributed by atoms with Crippen molar-refractivity contribution in [3.63, 3.8) is 0 Å². The molecule has 0 atom stereocenters. The maximum absolute atomic E-state index is 12.6. The van der Waals surface area contributed by atoms with Gasteiger partial charge < -0.3 is 14.8 Å². The SMILES string of the molecule is CCCCOC(=O)c1c(NC(=O)Cc2ccc(OC)cc2)sc2ccccc12. The lowest BCUT2D eigenvalue weighted by Crippen LogP contribution is -2.16.